The molecule has 4 heteroatoms. The maximum Gasteiger partial charge on any atom is 0.253 e. The number of amides is 1. The van der Waals surface area contributed by atoms with Crippen molar-refractivity contribution >= 4 is 17.7 Å². The molecule has 1 amide bonds. The maximum atomic E-state index is 12.8. The number of hydrogen-bond donors (Lipinski definition) is 0. The van der Waals surface area contributed by atoms with Crippen molar-refractivity contribution in [1.82, 2.24) is 5.06 Å². The molecular formula is C20H31NO2S. The highest BCUT2D eigenvalue weighted by Crippen LogP contribution is 2.43. The minimum atomic E-state index is -0.116. The molecule has 0 bridgehead atoms. The number of carbonyl (C=O) groups excluding carboxylic acids is 1. The van der Waals surface area contributed by atoms with Crippen LogP contribution >= 0.6 is 11.8 Å². The van der Waals surface area contributed by atoms with Gasteiger partial charge in [0.1, 0.15) is 0 Å². The normalized spacial score (nSPS) is 17.2. The summed E-state index contributed by atoms with van der Waals surface area (Å²) in [6, 6.07) is 6.63. The Morgan fingerprint density at radius 2 is 2.12 bits per heavy atom. The number of hydrogen-bond acceptors (Lipinski definition) is 3. The van der Waals surface area contributed by atoms with Gasteiger partial charge in [-0.2, -0.15) is 0 Å². The molecule has 0 fully saturated rings. The minimum absolute atomic E-state index is 0.0508. The molecule has 0 radical (unpaired) electrons. The average Bonchev–Trinajstić information content (AvgIpc) is 2.57. The van der Waals surface area contributed by atoms with Crippen molar-refractivity contribution in [2.45, 2.75) is 69.1 Å². The van der Waals surface area contributed by atoms with Crippen LogP contribution in [-0.4, -0.2) is 30.9 Å². The van der Waals surface area contributed by atoms with Crippen molar-refractivity contribution in [3.8, 4) is 0 Å². The fourth-order valence-electron chi connectivity index (χ4n) is 3.31. The van der Waals surface area contributed by atoms with Crippen molar-refractivity contribution in [2.24, 2.45) is 0 Å². The van der Waals surface area contributed by atoms with Gasteiger partial charge in [0.15, 0.2) is 0 Å². The van der Waals surface area contributed by atoms with E-state index in [0.717, 1.165) is 31.2 Å². The van der Waals surface area contributed by atoms with Crippen LogP contribution in [0.5, 0.6) is 0 Å². The Hall–Kier alpha value is -1.00. The van der Waals surface area contributed by atoms with Crippen molar-refractivity contribution in [3.05, 3.63) is 29.3 Å². The summed E-state index contributed by atoms with van der Waals surface area (Å²) in [7, 11) is 3.25. The summed E-state index contributed by atoms with van der Waals surface area (Å²) >= 11 is 1.93. The lowest BCUT2D eigenvalue weighted by atomic mass is 9.79. The van der Waals surface area contributed by atoms with Gasteiger partial charge in [-0.25, -0.2) is 5.06 Å². The third-order valence-corrected chi connectivity index (χ3v) is 6.17. The zero-order valence-corrected chi connectivity index (χ0v) is 16.5. The van der Waals surface area contributed by atoms with Crippen LogP contribution in [0, 0.1) is 0 Å². The van der Waals surface area contributed by atoms with Crippen molar-refractivity contribution in [1.29, 1.82) is 0 Å². The highest BCUT2D eigenvalue weighted by Gasteiger charge is 2.30. The second-order valence-corrected chi connectivity index (χ2v) is 8.44. The summed E-state index contributed by atoms with van der Waals surface area (Å²) < 4.78 is 0. The number of benzene rings is 1. The third kappa shape index (κ3) is 4.34. The quantitative estimate of drug-likeness (QED) is 0.504. The van der Waals surface area contributed by atoms with Crippen molar-refractivity contribution < 1.29 is 9.63 Å². The van der Waals surface area contributed by atoms with Gasteiger partial charge >= 0.3 is 0 Å². The molecule has 1 aromatic carbocycles. The first-order valence-electron chi connectivity index (χ1n) is 8.99. The standard InChI is InChI=1S/C20H31NO2S/c1-6-7-8-9-16(19(22)21(4)23-5)15-10-11-18-17(14-15)20(2,3)12-13-24-18/h10-11,14,16H,6-9,12-13H2,1-5H3. The number of unbranched alkanes of at least 4 members (excludes halogenated alkanes) is 2. The fourth-order valence-corrected chi connectivity index (χ4v) is 4.80. The first-order chi connectivity index (χ1) is 11.4. The largest absolute Gasteiger partial charge is 0.275 e. The van der Waals surface area contributed by atoms with Crippen LogP contribution in [0.2, 0.25) is 0 Å². The second-order valence-electron chi connectivity index (χ2n) is 7.30. The minimum Gasteiger partial charge on any atom is -0.275 e. The predicted octanol–water partition coefficient (Wildman–Crippen LogP) is 5.14. The molecule has 0 N–H and O–H groups in total. The molecule has 3 nitrogen and oxygen atoms in total. The van der Waals surface area contributed by atoms with Crippen LogP contribution in [0.1, 0.15) is 69.9 Å². The highest BCUT2D eigenvalue weighted by atomic mass is 32.2. The van der Waals surface area contributed by atoms with Gasteiger partial charge in [-0.05, 0) is 41.2 Å². The molecule has 24 heavy (non-hydrogen) atoms. The summed E-state index contributed by atoms with van der Waals surface area (Å²) in [4.78, 5) is 19.3. The van der Waals surface area contributed by atoms with Gasteiger partial charge in [0.25, 0.3) is 5.91 Å². The highest BCUT2D eigenvalue weighted by molar-refractivity contribution is 7.99. The van der Waals surface area contributed by atoms with Gasteiger partial charge in [-0.3, -0.25) is 9.63 Å². The molecule has 1 heterocycles. The lowest BCUT2D eigenvalue weighted by Crippen LogP contribution is -2.31. The summed E-state index contributed by atoms with van der Waals surface area (Å²) in [6.07, 6.45) is 5.45. The first kappa shape index (κ1) is 19.3. The number of thioether (sulfide) groups is 1. The van der Waals surface area contributed by atoms with E-state index in [9.17, 15) is 4.79 Å². The molecule has 1 atom stereocenters. The van der Waals surface area contributed by atoms with Gasteiger partial charge in [0.05, 0.1) is 13.0 Å². The van der Waals surface area contributed by atoms with Crippen LogP contribution in [0.4, 0.5) is 0 Å². The number of nitrogens with zero attached hydrogens (tertiary/aromatic N) is 1. The fraction of sp³-hybridized carbons (Fsp3) is 0.650. The van der Waals surface area contributed by atoms with Crippen LogP contribution in [0.15, 0.2) is 23.1 Å². The molecule has 0 saturated heterocycles. The smallest absolute Gasteiger partial charge is 0.253 e. The van der Waals surface area contributed by atoms with E-state index >= 15 is 0 Å². The number of rotatable bonds is 7. The lowest BCUT2D eigenvalue weighted by molar-refractivity contribution is -0.170. The molecule has 1 unspecified atom stereocenters. The van der Waals surface area contributed by atoms with E-state index in [2.05, 4.69) is 39.0 Å². The molecule has 0 aliphatic carbocycles. The average molecular weight is 350 g/mol. The van der Waals surface area contributed by atoms with E-state index in [-0.39, 0.29) is 17.2 Å². The third-order valence-electron chi connectivity index (χ3n) is 5.10. The predicted molar refractivity (Wildman–Crippen MR) is 101 cm³/mol. The number of hydroxylamine groups is 2. The van der Waals surface area contributed by atoms with Gasteiger partial charge in [0.2, 0.25) is 0 Å². The van der Waals surface area contributed by atoms with Crippen LogP contribution in [0.3, 0.4) is 0 Å². The van der Waals surface area contributed by atoms with Crippen molar-refractivity contribution in [3.63, 3.8) is 0 Å². The Morgan fingerprint density at radius 3 is 2.79 bits per heavy atom. The number of fused-ring (bicyclic) bond motifs is 1. The summed E-state index contributed by atoms with van der Waals surface area (Å²) in [5.74, 6) is 1.11. The van der Waals surface area contributed by atoms with Crippen LogP contribution < -0.4 is 0 Å². The zero-order valence-electron chi connectivity index (χ0n) is 15.7. The van der Waals surface area contributed by atoms with Gasteiger partial charge in [0, 0.05) is 11.9 Å². The van der Waals surface area contributed by atoms with Crippen LogP contribution in [-0.2, 0) is 15.0 Å². The first-order valence-corrected chi connectivity index (χ1v) is 9.98. The Balaban J connectivity index is 2.33. The molecule has 1 aromatic rings. The SMILES string of the molecule is CCCCCC(C(=O)N(C)OC)c1ccc2c(c1)C(C)(C)CCS2. The second kappa shape index (κ2) is 8.39. The molecule has 2 rings (SSSR count). The topological polar surface area (TPSA) is 29.5 Å². The molecule has 1 aliphatic heterocycles. The number of likely N-dealkylation sites (N-methyl/N-ethyl adjacent to an activating group) is 1. The Kier molecular flexibility index (Phi) is 6.76. The number of carbonyl (C=O) groups is 1. The Labute approximate surface area is 151 Å². The summed E-state index contributed by atoms with van der Waals surface area (Å²) in [6.45, 7) is 6.81. The van der Waals surface area contributed by atoms with E-state index < -0.39 is 0 Å². The monoisotopic (exact) mass is 349 g/mol. The van der Waals surface area contributed by atoms with Crippen LogP contribution in [0.25, 0.3) is 0 Å². The lowest BCUT2D eigenvalue weighted by Gasteiger charge is -2.33. The summed E-state index contributed by atoms with van der Waals surface area (Å²) in [5.41, 5.74) is 2.71. The van der Waals surface area contributed by atoms with Crippen molar-refractivity contribution in [2.75, 3.05) is 19.9 Å². The molecular weight excluding hydrogens is 318 g/mol. The van der Waals surface area contributed by atoms with E-state index in [1.165, 1.54) is 27.7 Å². The molecule has 0 aromatic heterocycles. The van der Waals surface area contributed by atoms with Gasteiger partial charge < -0.3 is 0 Å². The molecule has 1 aliphatic rings. The molecule has 134 valence electrons. The van der Waals surface area contributed by atoms with E-state index in [1.54, 1.807) is 14.2 Å². The van der Waals surface area contributed by atoms with E-state index in [4.69, 9.17) is 4.84 Å². The van der Waals surface area contributed by atoms with Gasteiger partial charge in [-0.15, -0.1) is 11.8 Å². The van der Waals surface area contributed by atoms with Gasteiger partial charge in [-0.1, -0.05) is 52.2 Å². The summed E-state index contributed by atoms with van der Waals surface area (Å²) in [5, 5.41) is 1.37. The molecule has 0 spiro atoms. The zero-order chi connectivity index (χ0) is 17.7. The van der Waals surface area contributed by atoms with E-state index in [1.807, 2.05) is 11.8 Å². The van der Waals surface area contributed by atoms with E-state index in [0.29, 0.717) is 0 Å². The Morgan fingerprint density at radius 1 is 1.38 bits per heavy atom. The Bertz CT molecular complexity index is 571. The molecule has 0 saturated carbocycles. The maximum absolute atomic E-state index is 12.8.